The van der Waals surface area contributed by atoms with E-state index in [1.54, 1.807) is 0 Å². The lowest BCUT2D eigenvalue weighted by molar-refractivity contribution is 0.684. The van der Waals surface area contributed by atoms with Crippen LogP contribution in [0.1, 0.15) is 25.1 Å². The number of nitrogens with zero attached hydrogens (tertiary/aromatic N) is 3. The van der Waals surface area contributed by atoms with Crippen LogP contribution >= 0.6 is 0 Å². The molecule has 0 saturated heterocycles. The van der Waals surface area contributed by atoms with Crippen molar-refractivity contribution >= 4 is 17.5 Å². The Morgan fingerprint density at radius 1 is 0.923 bits per heavy atom. The summed E-state index contributed by atoms with van der Waals surface area (Å²) in [6.07, 6.45) is 0. The first-order valence-corrected chi connectivity index (χ1v) is 9.08. The highest BCUT2D eigenvalue weighted by molar-refractivity contribution is 5.61. The third-order valence-electron chi connectivity index (χ3n) is 4.04. The number of aryl methyl sites for hydroxylation is 1. The summed E-state index contributed by atoms with van der Waals surface area (Å²) in [5, 5.41) is 3.35. The Morgan fingerprint density at radius 3 is 2.23 bits per heavy atom. The smallest absolute Gasteiger partial charge is 0.224 e. The molecule has 0 spiro atoms. The Hall–Kier alpha value is -2.88. The van der Waals surface area contributed by atoms with Gasteiger partial charge in [0.05, 0.1) is 0 Å². The lowest BCUT2D eigenvalue weighted by atomic mass is 10.2. The molecule has 1 N–H and O–H groups in total. The molecule has 0 fully saturated rings. The van der Waals surface area contributed by atoms with E-state index >= 15 is 0 Å². The summed E-state index contributed by atoms with van der Waals surface area (Å²) in [4.78, 5) is 11.5. The molecule has 4 nitrogen and oxygen atoms in total. The maximum absolute atomic E-state index is 4.78. The molecule has 2 aromatic carbocycles. The second kappa shape index (κ2) is 8.48. The zero-order chi connectivity index (χ0) is 18.4. The number of hydrogen-bond acceptors (Lipinski definition) is 4. The first kappa shape index (κ1) is 17.9. The zero-order valence-electron chi connectivity index (χ0n) is 15.7. The molecule has 0 aliphatic rings. The quantitative estimate of drug-likeness (QED) is 0.639. The molecule has 3 aromatic rings. The second-order valence-electron chi connectivity index (χ2n) is 6.87. The van der Waals surface area contributed by atoms with Crippen molar-refractivity contribution in [2.24, 2.45) is 5.92 Å². The van der Waals surface area contributed by atoms with Crippen LogP contribution in [0.2, 0.25) is 0 Å². The summed E-state index contributed by atoms with van der Waals surface area (Å²) in [7, 11) is 0. The predicted molar refractivity (Wildman–Crippen MR) is 109 cm³/mol. The fraction of sp³-hybridized carbons (Fsp3) is 0.273. The van der Waals surface area contributed by atoms with E-state index in [9.17, 15) is 0 Å². The van der Waals surface area contributed by atoms with Gasteiger partial charge in [0.15, 0.2) is 0 Å². The van der Waals surface area contributed by atoms with Crippen LogP contribution in [0.25, 0.3) is 0 Å². The van der Waals surface area contributed by atoms with Crippen molar-refractivity contribution in [3.63, 3.8) is 0 Å². The summed E-state index contributed by atoms with van der Waals surface area (Å²) in [6.45, 7) is 7.97. The molecule has 0 unspecified atom stereocenters. The van der Waals surface area contributed by atoms with Crippen LogP contribution in [0.5, 0.6) is 0 Å². The summed E-state index contributed by atoms with van der Waals surface area (Å²) in [5.74, 6) is 2.12. The van der Waals surface area contributed by atoms with Gasteiger partial charge in [0.2, 0.25) is 5.95 Å². The van der Waals surface area contributed by atoms with Gasteiger partial charge in [0.1, 0.15) is 5.82 Å². The zero-order valence-corrected chi connectivity index (χ0v) is 15.7. The van der Waals surface area contributed by atoms with Crippen molar-refractivity contribution in [1.29, 1.82) is 0 Å². The van der Waals surface area contributed by atoms with Crippen molar-refractivity contribution < 1.29 is 0 Å². The minimum Gasteiger partial charge on any atom is -0.354 e. The van der Waals surface area contributed by atoms with Crippen LogP contribution in [0, 0.1) is 12.8 Å². The third-order valence-corrected chi connectivity index (χ3v) is 4.04. The maximum atomic E-state index is 4.78. The molecule has 26 heavy (non-hydrogen) atoms. The van der Waals surface area contributed by atoms with Crippen molar-refractivity contribution in [2.45, 2.75) is 27.3 Å². The van der Waals surface area contributed by atoms with Crippen LogP contribution in [0.4, 0.5) is 17.5 Å². The van der Waals surface area contributed by atoms with Crippen LogP contribution in [0.15, 0.2) is 66.7 Å². The van der Waals surface area contributed by atoms with Gasteiger partial charge in [0.25, 0.3) is 0 Å². The molecule has 0 bridgehead atoms. The van der Waals surface area contributed by atoms with E-state index in [0.29, 0.717) is 11.9 Å². The number of aromatic nitrogens is 2. The number of benzene rings is 2. The highest BCUT2D eigenvalue weighted by Gasteiger charge is 2.14. The molecule has 0 saturated carbocycles. The van der Waals surface area contributed by atoms with Crippen LogP contribution < -0.4 is 10.2 Å². The van der Waals surface area contributed by atoms with E-state index in [4.69, 9.17) is 4.98 Å². The van der Waals surface area contributed by atoms with Gasteiger partial charge in [-0.05, 0) is 30.5 Å². The minimum atomic E-state index is 0.539. The van der Waals surface area contributed by atoms with Crippen LogP contribution in [-0.4, -0.2) is 16.5 Å². The molecule has 4 heteroatoms. The maximum Gasteiger partial charge on any atom is 0.224 e. The lowest BCUT2D eigenvalue weighted by Gasteiger charge is -2.25. The molecule has 0 aliphatic carbocycles. The van der Waals surface area contributed by atoms with Gasteiger partial charge < -0.3 is 10.2 Å². The number of rotatable bonds is 7. The number of para-hydroxylation sites is 1. The van der Waals surface area contributed by atoms with Gasteiger partial charge in [-0.15, -0.1) is 0 Å². The third kappa shape index (κ3) is 4.82. The monoisotopic (exact) mass is 346 g/mol. The average Bonchev–Trinajstić information content (AvgIpc) is 2.65. The minimum absolute atomic E-state index is 0.539. The molecule has 0 atom stereocenters. The predicted octanol–water partition coefficient (Wildman–Crippen LogP) is 5.19. The SMILES string of the molecule is Cc1cc(N(Cc2ccccc2)c2ccccc2)nc(NCC(C)C)n1. The highest BCUT2D eigenvalue weighted by atomic mass is 15.2. The molecule has 0 aliphatic heterocycles. The highest BCUT2D eigenvalue weighted by Crippen LogP contribution is 2.27. The summed E-state index contributed by atoms with van der Waals surface area (Å²) < 4.78 is 0. The lowest BCUT2D eigenvalue weighted by Crippen LogP contribution is -2.19. The van der Waals surface area contributed by atoms with Gasteiger partial charge >= 0.3 is 0 Å². The van der Waals surface area contributed by atoms with Crippen molar-refractivity contribution in [1.82, 2.24) is 9.97 Å². The van der Waals surface area contributed by atoms with Crippen molar-refractivity contribution in [3.8, 4) is 0 Å². The number of hydrogen-bond donors (Lipinski definition) is 1. The Kier molecular flexibility index (Phi) is 5.84. The molecule has 1 aromatic heterocycles. The van der Waals surface area contributed by atoms with E-state index in [0.717, 1.165) is 30.3 Å². The van der Waals surface area contributed by atoms with E-state index < -0.39 is 0 Å². The second-order valence-corrected chi connectivity index (χ2v) is 6.87. The average molecular weight is 346 g/mol. The molecule has 3 rings (SSSR count). The summed E-state index contributed by atoms with van der Waals surface area (Å²) in [6, 6.07) is 22.9. The van der Waals surface area contributed by atoms with Gasteiger partial charge in [-0.1, -0.05) is 62.4 Å². The summed E-state index contributed by atoms with van der Waals surface area (Å²) in [5.41, 5.74) is 3.31. The van der Waals surface area contributed by atoms with E-state index in [2.05, 4.69) is 77.6 Å². The first-order valence-electron chi connectivity index (χ1n) is 9.08. The van der Waals surface area contributed by atoms with Gasteiger partial charge in [-0.2, -0.15) is 4.98 Å². The molecule has 134 valence electrons. The van der Waals surface area contributed by atoms with E-state index in [1.165, 1.54) is 5.56 Å². The van der Waals surface area contributed by atoms with Crippen molar-refractivity contribution in [2.75, 3.05) is 16.8 Å². The molecule has 1 heterocycles. The Morgan fingerprint density at radius 2 is 1.58 bits per heavy atom. The molecular formula is C22H26N4. The number of nitrogens with one attached hydrogen (secondary N) is 1. The Labute approximate surface area is 155 Å². The Bertz CT molecular complexity index is 816. The van der Waals surface area contributed by atoms with Gasteiger partial charge in [0, 0.05) is 30.5 Å². The largest absolute Gasteiger partial charge is 0.354 e. The fourth-order valence-corrected chi connectivity index (χ4v) is 2.74. The van der Waals surface area contributed by atoms with Crippen LogP contribution in [-0.2, 0) is 6.54 Å². The van der Waals surface area contributed by atoms with Crippen molar-refractivity contribution in [3.05, 3.63) is 78.0 Å². The fourth-order valence-electron chi connectivity index (χ4n) is 2.74. The van der Waals surface area contributed by atoms with Gasteiger partial charge in [-0.25, -0.2) is 4.98 Å². The van der Waals surface area contributed by atoms with E-state index in [1.807, 2.05) is 25.1 Å². The molecule has 0 radical (unpaired) electrons. The normalized spacial score (nSPS) is 10.8. The van der Waals surface area contributed by atoms with E-state index in [-0.39, 0.29) is 0 Å². The first-order chi connectivity index (χ1) is 12.6. The topological polar surface area (TPSA) is 41.1 Å². The standard InChI is InChI=1S/C22H26N4/c1-17(2)15-23-22-24-18(3)14-21(25-22)26(20-12-8-5-9-13-20)16-19-10-6-4-7-11-19/h4-14,17H,15-16H2,1-3H3,(H,23,24,25). The summed E-state index contributed by atoms with van der Waals surface area (Å²) >= 11 is 0. The molecular weight excluding hydrogens is 320 g/mol. The van der Waals surface area contributed by atoms with Crippen LogP contribution in [0.3, 0.4) is 0 Å². The molecule has 0 amide bonds. The Balaban J connectivity index is 1.96. The van der Waals surface area contributed by atoms with Gasteiger partial charge in [-0.3, -0.25) is 0 Å². The number of anilines is 3.